The van der Waals surface area contributed by atoms with E-state index in [-0.39, 0.29) is 10.6 Å². The average Bonchev–Trinajstić information content (AvgIpc) is 1.92. The molecule has 0 atom stereocenters. The van der Waals surface area contributed by atoms with E-state index in [0.29, 0.717) is 0 Å². The Bertz CT molecular complexity index is 295. The van der Waals surface area contributed by atoms with Crippen LogP contribution in [0.5, 0.6) is 0 Å². The van der Waals surface area contributed by atoms with Gasteiger partial charge in [-0.05, 0) is 6.07 Å². The van der Waals surface area contributed by atoms with Crippen molar-refractivity contribution in [2.24, 2.45) is 0 Å². The van der Waals surface area contributed by atoms with Crippen LogP contribution in [0.25, 0.3) is 0 Å². The maximum Gasteiger partial charge on any atom is 0.416 e. The number of hydrogen-bond donors (Lipinski definition) is 1. The van der Waals surface area contributed by atoms with Crippen molar-refractivity contribution >= 4 is 18.3 Å². The first kappa shape index (κ1) is 9.12. The molecule has 12 heavy (non-hydrogen) atoms. The monoisotopic (exact) mass is 192 g/mol. The van der Waals surface area contributed by atoms with Gasteiger partial charge in [0.15, 0.2) is 0 Å². The maximum atomic E-state index is 12.0. The molecule has 1 nitrogen and oxygen atoms in total. The van der Waals surface area contributed by atoms with Gasteiger partial charge in [0.25, 0.3) is 0 Å². The van der Waals surface area contributed by atoms with Crippen molar-refractivity contribution in [2.45, 2.75) is 11.1 Å². The normalized spacial score (nSPS) is 11.6. The molecule has 0 amide bonds. The van der Waals surface area contributed by atoms with Gasteiger partial charge in [0.2, 0.25) is 0 Å². The lowest BCUT2D eigenvalue weighted by Gasteiger charge is -2.13. The Morgan fingerprint density at radius 3 is 2.25 bits per heavy atom. The highest BCUT2D eigenvalue weighted by molar-refractivity contribution is 7.59. The first-order chi connectivity index (χ1) is 5.41. The largest absolute Gasteiger partial charge is 0.778 e. The molecule has 0 aromatic heterocycles. The second kappa shape index (κ2) is 2.82. The van der Waals surface area contributed by atoms with E-state index in [1.165, 1.54) is 6.07 Å². The fourth-order valence-electron chi connectivity index (χ4n) is 0.725. The van der Waals surface area contributed by atoms with Crippen LogP contribution in [0.1, 0.15) is 5.56 Å². The van der Waals surface area contributed by atoms with Crippen LogP contribution in [0.2, 0.25) is 0 Å². The molecule has 0 unspecified atom stereocenters. The van der Waals surface area contributed by atoms with Crippen molar-refractivity contribution in [2.75, 3.05) is 5.73 Å². The van der Waals surface area contributed by atoms with Crippen LogP contribution in [0.3, 0.4) is 0 Å². The molecule has 0 aliphatic rings. The lowest BCUT2D eigenvalue weighted by molar-refractivity contribution is -0.137. The molecule has 1 rings (SSSR count). The van der Waals surface area contributed by atoms with Crippen LogP contribution in [0.15, 0.2) is 23.1 Å². The summed E-state index contributed by atoms with van der Waals surface area (Å²) >= 11 is 4.64. The lowest BCUT2D eigenvalue weighted by Crippen LogP contribution is -2.05. The van der Waals surface area contributed by atoms with E-state index in [9.17, 15) is 13.2 Å². The molecule has 5 heteroatoms. The van der Waals surface area contributed by atoms with Crippen LogP contribution in [0, 0.1) is 0 Å². The topological polar surface area (TPSA) is 26.0 Å². The third-order valence-electron chi connectivity index (χ3n) is 1.34. The molecule has 2 N–H and O–H groups in total. The zero-order valence-electron chi connectivity index (χ0n) is 5.85. The highest BCUT2D eigenvalue weighted by atomic mass is 32.1. The number of nitrogens with two attached hydrogens (primary N) is 1. The summed E-state index contributed by atoms with van der Waals surface area (Å²) in [6.07, 6.45) is -4.35. The second-order valence-electron chi connectivity index (χ2n) is 2.25. The highest BCUT2D eigenvalue weighted by Gasteiger charge is 2.30. The second-order valence-corrected chi connectivity index (χ2v) is 2.69. The molecule has 0 fully saturated rings. The summed E-state index contributed by atoms with van der Waals surface area (Å²) in [6, 6.07) is 2.93. The van der Waals surface area contributed by atoms with Crippen molar-refractivity contribution in [3.63, 3.8) is 0 Å². The number of anilines is 1. The van der Waals surface area contributed by atoms with Gasteiger partial charge in [-0.1, -0.05) is 12.1 Å². The molecular formula is C7H5F3NS-. The summed E-state index contributed by atoms with van der Waals surface area (Å²) in [4.78, 5) is 0.239. The number of alkyl halides is 3. The molecule has 0 aliphatic heterocycles. The van der Waals surface area contributed by atoms with Crippen molar-refractivity contribution in [1.82, 2.24) is 0 Å². The Hall–Kier alpha value is -0.970. The summed E-state index contributed by atoms with van der Waals surface area (Å²) in [5.74, 6) is 0. The Morgan fingerprint density at radius 2 is 1.83 bits per heavy atom. The third kappa shape index (κ3) is 1.79. The number of benzene rings is 1. The summed E-state index contributed by atoms with van der Waals surface area (Å²) in [7, 11) is 0. The van der Waals surface area contributed by atoms with Gasteiger partial charge < -0.3 is 18.4 Å². The van der Waals surface area contributed by atoms with Crippen LogP contribution in [-0.4, -0.2) is 0 Å². The van der Waals surface area contributed by atoms with Crippen LogP contribution in [-0.2, 0) is 18.8 Å². The van der Waals surface area contributed by atoms with Gasteiger partial charge in [-0.15, -0.1) is 0 Å². The van der Waals surface area contributed by atoms with Gasteiger partial charge in [-0.2, -0.15) is 18.1 Å². The molecule has 0 radical (unpaired) electrons. The van der Waals surface area contributed by atoms with Crippen molar-refractivity contribution < 1.29 is 13.2 Å². The number of nitrogen functional groups attached to an aromatic ring is 1. The number of halogens is 3. The predicted octanol–water partition coefficient (Wildman–Crippen LogP) is 2.19. The fraction of sp³-hybridized carbons (Fsp3) is 0.143. The Labute approximate surface area is 72.8 Å². The molecule has 0 aliphatic carbocycles. The van der Waals surface area contributed by atoms with Gasteiger partial charge in [-0.25, -0.2) is 0 Å². The van der Waals surface area contributed by atoms with Gasteiger partial charge in [-0.3, -0.25) is 0 Å². The zero-order chi connectivity index (χ0) is 9.35. The van der Waals surface area contributed by atoms with Crippen molar-refractivity contribution in [3.05, 3.63) is 23.8 Å². The summed E-state index contributed by atoms with van der Waals surface area (Å²) in [6.45, 7) is 0. The maximum absolute atomic E-state index is 12.0. The van der Waals surface area contributed by atoms with E-state index in [1.54, 1.807) is 0 Å². The molecule has 0 bridgehead atoms. The van der Waals surface area contributed by atoms with Gasteiger partial charge in [0.1, 0.15) is 0 Å². The Kier molecular flexibility index (Phi) is 2.14. The molecule has 1 aromatic rings. The molecule has 0 heterocycles. The van der Waals surface area contributed by atoms with Gasteiger partial charge >= 0.3 is 6.18 Å². The van der Waals surface area contributed by atoms with E-state index >= 15 is 0 Å². The van der Waals surface area contributed by atoms with Crippen molar-refractivity contribution in [3.8, 4) is 0 Å². The first-order valence-electron chi connectivity index (χ1n) is 3.05. The molecule has 66 valence electrons. The van der Waals surface area contributed by atoms with Crippen LogP contribution < -0.4 is 5.73 Å². The Balaban J connectivity index is 3.14. The summed E-state index contributed by atoms with van der Waals surface area (Å²) in [5.41, 5.74) is 4.43. The SMILES string of the molecule is Nc1cc(C(F)(F)F)ccc1[S-]. The number of hydrogen-bond acceptors (Lipinski definition) is 2. The van der Waals surface area contributed by atoms with E-state index in [1.807, 2.05) is 0 Å². The van der Waals surface area contributed by atoms with Crippen LogP contribution >= 0.6 is 0 Å². The zero-order valence-corrected chi connectivity index (χ0v) is 6.67. The third-order valence-corrected chi connectivity index (χ3v) is 1.71. The smallest absolute Gasteiger partial charge is 0.416 e. The van der Waals surface area contributed by atoms with Crippen LogP contribution in [0.4, 0.5) is 18.9 Å². The van der Waals surface area contributed by atoms with Gasteiger partial charge in [0, 0.05) is 5.69 Å². The first-order valence-corrected chi connectivity index (χ1v) is 3.46. The molecule has 1 aromatic carbocycles. The average molecular weight is 192 g/mol. The fourth-order valence-corrected chi connectivity index (χ4v) is 0.852. The molecule has 0 saturated heterocycles. The number of rotatable bonds is 0. The van der Waals surface area contributed by atoms with E-state index in [0.717, 1.165) is 12.1 Å². The van der Waals surface area contributed by atoms with E-state index < -0.39 is 11.7 Å². The predicted molar refractivity (Wildman–Crippen MR) is 41.5 cm³/mol. The lowest BCUT2D eigenvalue weighted by atomic mass is 10.2. The van der Waals surface area contributed by atoms with E-state index in [4.69, 9.17) is 5.73 Å². The molecular weight excluding hydrogens is 187 g/mol. The minimum atomic E-state index is -4.35. The van der Waals surface area contributed by atoms with Gasteiger partial charge in [0.05, 0.1) is 5.56 Å². The molecule has 0 saturated carbocycles. The minimum absolute atomic E-state index is 0.0141. The highest BCUT2D eigenvalue weighted by Crippen LogP contribution is 2.31. The minimum Gasteiger partial charge on any atom is -0.778 e. The molecule has 0 spiro atoms. The summed E-state index contributed by atoms with van der Waals surface area (Å²) in [5, 5.41) is 0. The standard InChI is InChI=1S/C7H6F3NS/c8-7(9,10)4-1-2-6(12)5(11)3-4/h1-3,12H,11H2/p-1. The Morgan fingerprint density at radius 1 is 1.25 bits per heavy atom. The quantitative estimate of drug-likeness (QED) is 0.503. The van der Waals surface area contributed by atoms with Crippen molar-refractivity contribution in [1.29, 1.82) is 0 Å². The van der Waals surface area contributed by atoms with E-state index in [2.05, 4.69) is 12.6 Å². The summed E-state index contributed by atoms with van der Waals surface area (Å²) < 4.78 is 36.0.